The van der Waals surface area contributed by atoms with Gasteiger partial charge in [-0.3, -0.25) is 4.72 Å². The molecule has 6 heteroatoms. The van der Waals surface area contributed by atoms with Crippen LogP contribution in [-0.4, -0.2) is 14.2 Å². The monoisotopic (exact) mass is 322 g/mol. The third kappa shape index (κ3) is 5.04. The van der Waals surface area contributed by atoms with E-state index in [-0.39, 0.29) is 11.6 Å². The molecule has 0 atom stereocenters. The van der Waals surface area contributed by atoms with E-state index < -0.39 is 10.0 Å². The van der Waals surface area contributed by atoms with Crippen LogP contribution >= 0.6 is 0 Å². The minimum Gasteiger partial charge on any atom is -0.355 e. The summed E-state index contributed by atoms with van der Waals surface area (Å²) in [4.78, 5) is 0. The van der Waals surface area contributed by atoms with Gasteiger partial charge in [-0.05, 0) is 48.9 Å². The Morgan fingerprint density at radius 2 is 1.68 bits per heavy atom. The number of rotatable bonds is 7. The van der Waals surface area contributed by atoms with Crippen molar-refractivity contribution in [1.29, 1.82) is 0 Å². The molecule has 4 nitrogen and oxygen atoms in total. The predicted octanol–water partition coefficient (Wildman–Crippen LogP) is 4.11. The van der Waals surface area contributed by atoms with Crippen molar-refractivity contribution in [2.75, 3.05) is 15.8 Å². The number of benzene rings is 2. The predicted molar refractivity (Wildman–Crippen MR) is 88.4 cm³/mol. The van der Waals surface area contributed by atoms with Crippen molar-refractivity contribution in [3.05, 3.63) is 54.3 Å². The molecule has 0 radical (unpaired) electrons. The molecule has 0 heterocycles. The van der Waals surface area contributed by atoms with Crippen molar-refractivity contribution in [2.45, 2.75) is 19.8 Å². The van der Waals surface area contributed by atoms with E-state index in [1.165, 1.54) is 12.1 Å². The van der Waals surface area contributed by atoms with Gasteiger partial charge in [0, 0.05) is 17.1 Å². The number of anilines is 3. The molecule has 0 saturated heterocycles. The lowest BCUT2D eigenvalue weighted by Crippen LogP contribution is -2.16. The second kappa shape index (κ2) is 7.26. The lowest BCUT2D eigenvalue weighted by Gasteiger charge is -2.10. The largest absolute Gasteiger partial charge is 0.355 e. The molecular formula is C16H19FN2O2S. The molecule has 0 spiro atoms. The minimum absolute atomic E-state index is 0.118. The first-order valence-corrected chi connectivity index (χ1v) is 8.77. The van der Waals surface area contributed by atoms with Gasteiger partial charge >= 0.3 is 0 Å². The Morgan fingerprint density at radius 1 is 1.00 bits per heavy atom. The highest BCUT2D eigenvalue weighted by molar-refractivity contribution is 7.92. The number of hydrogen-bond donors (Lipinski definition) is 2. The van der Waals surface area contributed by atoms with Gasteiger partial charge in [0.2, 0.25) is 10.0 Å². The van der Waals surface area contributed by atoms with E-state index >= 15 is 0 Å². The molecule has 0 aromatic heterocycles. The van der Waals surface area contributed by atoms with Crippen LogP contribution in [0.2, 0.25) is 0 Å². The van der Waals surface area contributed by atoms with Gasteiger partial charge in [0.25, 0.3) is 0 Å². The minimum atomic E-state index is -3.29. The summed E-state index contributed by atoms with van der Waals surface area (Å²) in [6.07, 6.45) is 1.46. The number of hydrogen-bond acceptors (Lipinski definition) is 3. The van der Waals surface area contributed by atoms with Gasteiger partial charge in [0.15, 0.2) is 0 Å². The molecule has 0 aliphatic rings. The van der Waals surface area contributed by atoms with Crippen LogP contribution in [0.4, 0.5) is 21.5 Å². The van der Waals surface area contributed by atoms with Gasteiger partial charge in [-0.2, -0.15) is 0 Å². The molecule has 0 amide bonds. The number of unbranched alkanes of at least 4 members (excludes halogenated alkanes) is 1. The Balaban J connectivity index is 2.01. The van der Waals surface area contributed by atoms with Crippen LogP contribution < -0.4 is 10.0 Å². The van der Waals surface area contributed by atoms with E-state index in [9.17, 15) is 12.8 Å². The third-order valence-electron chi connectivity index (χ3n) is 3.04. The summed E-state index contributed by atoms with van der Waals surface area (Å²) < 4.78 is 39.3. The molecule has 2 aromatic carbocycles. The number of sulfonamides is 1. The first-order chi connectivity index (χ1) is 10.5. The van der Waals surface area contributed by atoms with Crippen LogP contribution in [0.15, 0.2) is 48.5 Å². The van der Waals surface area contributed by atoms with E-state index in [2.05, 4.69) is 10.0 Å². The summed E-state index contributed by atoms with van der Waals surface area (Å²) in [5.74, 6) is -0.197. The second-order valence-corrected chi connectivity index (χ2v) is 6.83. The fourth-order valence-corrected chi connectivity index (χ4v) is 3.19. The second-order valence-electron chi connectivity index (χ2n) is 4.99. The van der Waals surface area contributed by atoms with Gasteiger partial charge in [-0.25, -0.2) is 12.8 Å². The standard InChI is InChI=1S/C16H19FN2O2S/c1-2-3-11-22(20,21)19-15-9-7-14(8-10-15)18-16-6-4-5-13(17)12-16/h4-10,12,18-19H,2-3,11H2,1H3. The molecule has 2 rings (SSSR count). The summed E-state index contributed by atoms with van der Waals surface area (Å²) in [5.41, 5.74) is 1.90. The normalized spacial score (nSPS) is 11.2. The molecule has 0 saturated carbocycles. The van der Waals surface area contributed by atoms with Crippen molar-refractivity contribution in [2.24, 2.45) is 0 Å². The highest BCUT2D eigenvalue weighted by atomic mass is 32.2. The lowest BCUT2D eigenvalue weighted by molar-refractivity contribution is 0.598. The maximum Gasteiger partial charge on any atom is 0.232 e. The zero-order valence-corrected chi connectivity index (χ0v) is 13.2. The number of halogens is 1. The Morgan fingerprint density at radius 3 is 2.32 bits per heavy atom. The molecule has 118 valence electrons. The number of nitrogens with one attached hydrogen (secondary N) is 2. The molecule has 0 bridgehead atoms. The van der Waals surface area contributed by atoms with E-state index in [0.717, 1.165) is 12.1 Å². The molecular weight excluding hydrogens is 303 g/mol. The SMILES string of the molecule is CCCCS(=O)(=O)Nc1ccc(Nc2cccc(F)c2)cc1. The first kappa shape index (κ1) is 16.3. The molecule has 2 N–H and O–H groups in total. The van der Waals surface area contributed by atoms with Gasteiger partial charge in [0.05, 0.1) is 5.75 Å². The zero-order valence-electron chi connectivity index (χ0n) is 12.3. The first-order valence-electron chi connectivity index (χ1n) is 7.11. The van der Waals surface area contributed by atoms with E-state index in [1.807, 2.05) is 6.92 Å². The van der Waals surface area contributed by atoms with Crippen molar-refractivity contribution in [1.82, 2.24) is 0 Å². The average molecular weight is 322 g/mol. The van der Waals surface area contributed by atoms with E-state index in [0.29, 0.717) is 17.8 Å². The molecule has 22 heavy (non-hydrogen) atoms. The molecule has 0 unspecified atom stereocenters. The van der Waals surface area contributed by atoms with E-state index in [4.69, 9.17) is 0 Å². The van der Waals surface area contributed by atoms with Crippen molar-refractivity contribution in [3.8, 4) is 0 Å². The highest BCUT2D eigenvalue weighted by Crippen LogP contribution is 2.20. The van der Waals surface area contributed by atoms with Crippen LogP contribution in [0.25, 0.3) is 0 Å². The quantitative estimate of drug-likeness (QED) is 0.806. The van der Waals surface area contributed by atoms with Gasteiger partial charge in [0.1, 0.15) is 5.82 Å². The summed E-state index contributed by atoms with van der Waals surface area (Å²) >= 11 is 0. The third-order valence-corrected chi connectivity index (χ3v) is 4.41. The Bertz CT molecular complexity index is 715. The van der Waals surface area contributed by atoms with E-state index in [1.54, 1.807) is 36.4 Å². The van der Waals surface area contributed by atoms with Crippen molar-refractivity contribution in [3.63, 3.8) is 0 Å². The van der Waals surface area contributed by atoms with Gasteiger partial charge < -0.3 is 5.32 Å². The Hall–Kier alpha value is -2.08. The smallest absolute Gasteiger partial charge is 0.232 e. The van der Waals surface area contributed by atoms with Gasteiger partial charge in [-0.15, -0.1) is 0 Å². The summed E-state index contributed by atoms with van der Waals surface area (Å²) in [6, 6.07) is 13.0. The van der Waals surface area contributed by atoms with Crippen LogP contribution in [0.3, 0.4) is 0 Å². The summed E-state index contributed by atoms with van der Waals surface area (Å²) in [6.45, 7) is 1.95. The van der Waals surface area contributed by atoms with Crippen molar-refractivity contribution < 1.29 is 12.8 Å². The molecule has 0 aliphatic carbocycles. The average Bonchev–Trinajstić information content (AvgIpc) is 2.47. The van der Waals surface area contributed by atoms with Crippen LogP contribution in [0, 0.1) is 5.82 Å². The van der Waals surface area contributed by atoms with Crippen molar-refractivity contribution >= 4 is 27.1 Å². The Labute approximate surface area is 130 Å². The summed E-state index contributed by atoms with van der Waals surface area (Å²) in [5, 5.41) is 3.05. The highest BCUT2D eigenvalue weighted by Gasteiger charge is 2.09. The van der Waals surface area contributed by atoms with Crippen LogP contribution in [0.5, 0.6) is 0 Å². The summed E-state index contributed by atoms with van der Waals surface area (Å²) in [7, 11) is -3.29. The van der Waals surface area contributed by atoms with Gasteiger partial charge in [-0.1, -0.05) is 19.4 Å². The molecule has 2 aromatic rings. The fraction of sp³-hybridized carbons (Fsp3) is 0.250. The molecule has 0 fully saturated rings. The fourth-order valence-electron chi connectivity index (χ4n) is 1.92. The molecule has 0 aliphatic heterocycles. The maximum absolute atomic E-state index is 13.1. The topological polar surface area (TPSA) is 58.2 Å². The Kier molecular flexibility index (Phi) is 5.38. The maximum atomic E-state index is 13.1. The zero-order chi connectivity index (χ0) is 16.0. The van der Waals surface area contributed by atoms with Crippen LogP contribution in [-0.2, 0) is 10.0 Å². The lowest BCUT2D eigenvalue weighted by atomic mass is 10.2. The van der Waals surface area contributed by atoms with Crippen LogP contribution in [0.1, 0.15) is 19.8 Å².